The van der Waals surface area contributed by atoms with Crippen LogP contribution in [-0.2, 0) is 6.42 Å². The van der Waals surface area contributed by atoms with Gasteiger partial charge in [0.15, 0.2) is 11.2 Å². The van der Waals surface area contributed by atoms with Crippen molar-refractivity contribution in [3.63, 3.8) is 0 Å². The number of H-pyrrole nitrogens is 1. The molecule has 4 rings (SSSR count). The van der Waals surface area contributed by atoms with Gasteiger partial charge in [0.1, 0.15) is 5.48 Å². The molecule has 6 nitrogen and oxygen atoms in total. The molecule has 1 aliphatic heterocycles. The number of benzene rings is 2. The van der Waals surface area contributed by atoms with E-state index in [1.165, 1.54) is 5.56 Å². The van der Waals surface area contributed by atoms with Gasteiger partial charge in [0.2, 0.25) is 0 Å². The fourth-order valence-electron chi connectivity index (χ4n) is 3.79. The van der Waals surface area contributed by atoms with Gasteiger partial charge in [-0.2, -0.15) is 0 Å². The predicted molar refractivity (Wildman–Crippen MR) is 118 cm³/mol. The quantitative estimate of drug-likeness (QED) is 0.731. The lowest BCUT2D eigenvalue weighted by atomic mass is 10.1. The first-order valence-electron chi connectivity index (χ1n) is 9.75. The fraction of sp³-hybridized carbons (Fsp3) is 0.261. The molecule has 0 saturated carbocycles. The number of aromatic nitrogens is 2. The summed E-state index contributed by atoms with van der Waals surface area (Å²) in [6.45, 7) is 6.61. The van der Waals surface area contributed by atoms with Crippen LogP contribution in [0.1, 0.15) is 17.5 Å². The first-order chi connectivity index (χ1) is 13.9. The van der Waals surface area contributed by atoms with E-state index in [2.05, 4.69) is 68.6 Å². The summed E-state index contributed by atoms with van der Waals surface area (Å²) in [4.78, 5) is 28.6. The van der Waals surface area contributed by atoms with E-state index < -0.39 is 0 Å². The maximum absolute atomic E-state index is 12.5. The standard InChI is InChI=1S/C23H25N5O/c1-15-13-18-20(14-19(15)27(3)4)28(12-8-11-17-9-6-5-7-10-17)22-21(26-18)23(29)25-16(2)24-22/h5-7,9-10,13-14H,2,8,11-12H2,1,3-4H3,(H,25,29). The first kappa shape index (κ1) is 18.9. The minimum absolute atomic E-state index is 0.256. The number of hydrogen-bond donors (Lipinski definition) is 1. The van der Waals surface area contributed by atoms with Crippen LogP contribution >= 0.6 is 0 Å². The molecular weight excluding hydrogens is 362 g/mol. The van der Waals surface area contributed by atoms with Crippen LogP contribution in [0.3, 0.4) is 0 Å². The van der Waals surface area contributed by atoms with Crippen molar-refractivity contribution >= 4 is 29.5 Å². The molecule has 6 heteroatoms. The average molecular weight is 387 g/mol. The molecule has 1 aliphatic rings. The zero-order valence-corrected chi connectivity index (χ0v) is 17.1. The van der Waals surface area contributed by atoms with E-state index >= 15 is 0 Å². The molecule has 1 N–H and O–H groups in total. The van der Waals surface area contributed by atoms with Gasteiger partial charge in [-0.15, -0.1) is 0 Å². The Hall–Kier alpha value is -3.41. The Labute approximate surface area is 169 Å². The van der Waals surface area contributed by atoms with Crippen molar-refractivity contribution in [3.8, 4) is 0 Å². The lowest BCUT2D eigenvalue weighted by Crippen LogP contribution is -2.42. The third-order valence-electron chi connectivity index (χ3n) is 5.17. The van der Waals surface area contributed by atoms with Crippen LogP contribution in [0.15, 0.2) is 52.3 Å². The first-order valence-corrected chi connectivity index (χ1v) is 9.75. The lowest BCUT2D eigenvalue weighted by molar-refractivity contribution is 0.784. The maximum Gasteiger partial charge on any atom is 0.279 e. The van der Waals surface area contributed by atoms with E-state index in [0.29, 0.717) is 16.7 Å². The Bertz CT molecular complexity index is 1210. The van der Waals surface area contributed by atoms with Crippen molar-refractivity contribution in [2.24, 2.45) is 4.99 Å². The molecule has 0 fully saturated rings. The molecule has 2 aromatic carbocycles. The van der Waals surface area contributed by atoms with Crippen LogP contribution in [0.25, 0.3) is 6.58 Å². The van der Waals surface area contributed by atoms with Crippen LogP contribution < -0.4 is 26.2 Å². The van der Waals surface area contributed by atoms with Crippen molar-refractivity contribution in [3.05, 3.63) is 74.8 Å². The molecule has 0 aliphatic carbocycles. The molecule has 0 atom stereocenters. The van der Waals surface area contributed by atoms with Crippen molar-refractivity contribution in [2.75, 3.05) is 30.4 Å². The molecule has 0 radical (unpaired) electrons. The number of rotatable bonds is 5. The number of fused-ring (bicyclic) bond motifs is 2. The summed E-state index contributed by atoms with van der Waals surface area (Å²) in [7, 11) is 4.05. The van der Waals surface area contributed by atoms with Gasteiger partial charge in [-0.05, 0) is 43.0 Å². The predicted octanol–water partition coefficient (Wildman–Crippen LogP) is 2.59. The van der Waals surface area contributed by atoms with Crippen LogP contribution in [0.4, 0.5) is 22.9 Å². The smallest absolute Gasteiger partial charge is 0.279 e. The van der Waals surface area contributed by atoms with Gasteiger partial charge in [0.25, 0.3) is 5.56 Å². The highest BCUT2D eigenvalue weighted by atomic mass is 16.1. The minimum Gasteiger partial charge on any atom is -0.377 e. The van der Waals surface area contributed by atoms with Crippen LogP contribution in [0.5, 0.6) is 0 Å². The summed E-state index contributed by atoms with van der Waals surface area (Å²) in [5.41, 5.74) is 5.39. The number of nitrogens with one attached hydrogen (secondary N) is 1. The summed E-state index contributed by atoms with van der Waals surface area (Å²) < 4.78 is 0. The van der Waals surface area contributed by atoms with Gasteiger partial charge >= 0.3 is 0 Å². The average Bonchev–Trinajstić information content (AvgIpc) is 2.68. The number of aryl methyl sites for hydroxylation is 2. The van der Waals surface area contributed by atoms with E-state index in [0.717, 1.165) is 42.0 Å². The molecule has 29 heavy (non-hydrogen) atoms. The van der Waals surface area contributed by atoms with Gasteiger partial charge in [-0.25, -0.2) is 9.98 Å². The summed E-state index contributed by atoms with van der Waals surface area (Å²) in [6.07, 6.45) is 1.88. The zero-order valence-electron chi connectivity index (χ0n) is 17.1. The molecule has 1 aromatic heterocycles. The third kappa shape index (κ3) is 3.66. The van der Waals surface area contributed by atoms with Gasteiger partial charge in [-0.1, -0.05) is 36.9 Å². The third-order valence-corrected chi connectivity index (χ3v) is 5.17. The Morgan fingerprint density at radius 2 is 1.93 bits per heavy atom. The van der Waals surface area contributed by atoms with Crippen molar-refractivity contribution in [1.29, 1.82) is 0 Å². The number of hydrogen-bond acceptors (Lipinski definition) is 5. The van der Waals surface area contributed by atoms with Crippen LogP contribution in [0, 0.1) is 6.92 Å². The second kappa shape index (κ2) is 7.54. The molecule has 0 amide bonds. The van der Waals surface area contributed by atoms with Crippen molar-refractivity contribution in [1.82, 2.24) is 9.97 Å². The monoisotopic (exact) mass is 387 g/mol. The molecule has 0 unspecified atom stereocenters. The van der Waals surface area contributed by atoms with Crippen molar-refractivity contribution < 1.29 is 0 Å². The largest absolute Gasteiger partial charge is 0.377 e. The number of anilines is 3. The molecule has 3 aromatic rings. The molecule has 2 heterocycles. The molecular formula is C23H25N5O. The highest BCUT2D eigenvalue weighted by Crippen LogP contribution is 2.39. The van der Waals surface area contributed by atoms with E-state index in [-0.39, 0.29) is 5.56 Å². The highest BCUT2D eigenvalue weighted by molar-refractivity contribution is 5.80. The summed E-state index contributed by atoms with van der Waals surface area (Å²) in [6, 6.07) is 14.6. The van der Waals surface area contributed by atoms with E-state index in [9.17, 15) is 4.79 Å². The topological polar surface area (TPSA) is 64.6 Å². The van der Waals surface area contributed by atoms with Gasteiger partial charge in [0, 0.05) is 26.3 Å². The second-order valence-electron chi connectivity index (χ2n) is 7.56. The Morgan fingerprint density at radius 1 is 1.17 bits per heavy atom. The zero-order chi connectivity index (χ0) is 20.5. The van der Waals surface area contributed by atoms with Gasteiger partial charge < -0.3 is 14.8 Å². The summed E-state index contributed by atoms with van der Waals surface area (Å²) in [5, 5.41) is 0.349. The Kier molecular flexibility index (Phi) is 4.92. The van der Waals surface area contributed by atoms with E-state index in [1.54, 1.807) is 0 Å². The summed E-state index contributed by atoms with van der Waals surface area (Å²) >= 11 is 0. The van der Waals surface area contributed by atoms with Crippen LogP contribution in [-0.4, -0.2) is 30.6 Å². The van der Waals surface area contributed by atoms with E-state index in [1.807, 2.05) is 26.2 Å². The van der Waals surface area contributed by atoms with Crippen LogP contribution in [0.2, 0.25) is 0 Å². The maximum atomic E-state index is 12.5. The lowest BCUT2D eigenvalue weighted by Gasteiger charge is -2.30. The SMILES string of the molecule is C=c1nc2c(c(=O)[nH]1)=Nc1cc(C)c(N(C)C)cc1N2CCCc1ccccc1. The number of aromatic amines is 1. The molecule has 148 valence electrons. The Morgan fingerprint density at radius 3 is 2.66 bits per heavy atom. The van der Waals surface area contributed by atoms with Gasteiger partial charge in [-0.3, -0.25) is 4.79 Å². The molecule has 0 bridgehead atoms. The molecule has 0 spiro atoms. The summed E-state index contributed by atoms with van der Waals surface area (Å²) in [5.74, 6) is 0.577. The minimum atomic E-state index is -0.256. The fourth-order valence-corrected chi connectivity index (χ4v) is 3.79. The van der Waals surface area contributed by atoms with Crippen molar-refractivity contribution in [2.45, 2.75) is 19.8 Å². The second-order valence-corrected chi connectivity index (χ2v) is 7.56. The normalized spacial score (nSPS) is 12.2. The van der Waals surface area contributed by atoms with Gasteiger partial charge in [0.05, 0.1) is 11.4 Å². The Balaban J connectivity index is 1.79. The highest BCUT2D eigenvalue weighted by Gasteiger charge is 2.24. The van der Waals surface area contributed by atoms with E-state index in [4.69, 9.17) is 0 Å². The number of nitrogens with zero attached hydrogens (tertiary/aromatic N) is 4. The molecule has 0 saturated heterocycles.